The first kappa shape index (κ1) is 12.7. The number of benzene rings is 1. The van der Waals surface area contributed by atoms with Gasteiger partial charge in [0.25, 0.3) is 0 Å². The molecule has 2 nitrogen and oxygen atoms in total. The van der Waals surface area contributed by atoms with E-state index in [4.69, 9.17) is 0 Å². The summed E-state index contributed by atoms with van der Waals surface area (Å²) in [5.41, 5.74) is 1.70. The molecule has 2 fully saturated rings. The van der Waals surface area contributed by atoms with Crippen molar-refractivity contribution in [1.29, 1.82) is 0 Å². The molecule has 0 amide bonds. The summed E-state index contributed by atoms with van der Waals surface area (Å²) < 4.78 is 1.40. The van der Waals surface area contributed by atoms with E-state index in [1.54, 1.807) is 0 Å². The van der Waals surface area contributed by atoms with Gasteiger partial charge in [0, 0.05) is 29.0 Å². The van der Waals surface area contributed by atoms with Crippen LogP contribution in [-0.4, -0.2) is 25.2 Å². The molecular formula is C17H22N2S. The van der Waals surface area contributed by atoms with Crippen LogP contribution in [0.5, 0.6) is 0 Å². The SMILES string of the molecule is CC1(C2CC2)CN(c2ccc3sccc3c2)CCCN1. The molecule has 3 heteroatoms. The van der Waals surface area contributed by atoms with E-state index >= 15 is 0 Å². The van der Waals surface area contributed by atoms with Gasteiger partial charge in [-0.05, 0) is 73.7 Å². The number of nitrogens with one attached hydrogen (secondary N) is 1. The van der Waals surface area contributed by atoms with Gasteiger partial charge in [0.2, 0.25) is 0 Å². The van der Waals surface area contributed by atoms with Crippen molar-refractivity contribution in [2.24, 2.45) is 5.92 Å². The molecule has 0 spiro atoms. The number of anilines is 1. The average molecular weight is 286 g/mol. The van der Waals surface area contributed by atoms with E-state index in [1.165, 1.54) is 41.6 Å². The number of rotatable bonds is 2. The van der Waals surface area contributed by atoms with Crippen LogP contribution in [0.25, 0.3) is 10.1 Å². The quantitative estimate of drug-likeness (QED) is 0.901. The zero-order chi connectivity index (χ0) is 13.6. The van der Waals surface area contributed by atoms with Crippen LogP contribution in [0.3, 0.4) is 0 Å². The Morgan fingerprint density at radius 2 is 2.20 bits per heavy atom. The number of hydrogen-bond acceptors (Lipinski definition) is 3. The van der Waals surface area contributed by atoms with Crippen LogP contribution in [-0.2, 0) is 0 Å². The molecule has 2 heterocycles. The Morgan fingerprint density at radius 3 is 3.05 bits per heavy atom. The van der Waals surface area contributed by atoms with E-state index in [0.717, 1.165) is 19.0 Å². The molecule has 20 heavy (non-hydrogen) atoms. The van der Waals surface area contributed by atoms with E-state index in [-0.39, 0.29) is 0 Å². The first-order valence-electron chi connectivity index (χ1n) is 7.72. The topological polar surface area (TPSA) is 15.3 Å². The highest BCUT2D eigenvalue weighted by Gasteiger charge is 2.43. The Bertz CT molecular complexity index is 616. The average Bonchev–Trinajstić information content (AvgIpc) is 3.23. The summed E-state index contributed by atoms with van der Waals surface area (Å²) in [4.78, 5) is 2.59. The van der Waals surface area contributed by atoms with Crippen molar-refractivity contribution in [2.45, 2.75) is 31.7 Å². The summed E-state index contributed by atoms with van der Waals surface area (Å²) >= 11 is 1.83. The van der Waals surface area contributed by atoms with Crippen LogP contribution in [0, 0.1) is 5.92 Å². The molecule has 1 aromatic heterocycles. The maximum atomic E-state index is 3.81. The van der Waals surface area contributed by atoms with E-state index in [0.29, 0.717) is 5.54 Å². The van der Waals surface area contributed by atoms with Crippen LogP contribution in [0.4, 0.5) is 5.69 Å². The van der Waals surface area contributed by atoms with Crippen LogP contribution < -0.4 is 10.2 Å². The van der Waals surface area contributed by atoms with Gasteiger partial charge in [-0.15, -0.1) is 11.3 Å². The van der Waals surface area contributed by atoms with Crippen molar-refractivity contribution >= 4 is 27.1 Å². The second kappa shape index (κ2) is 4.74. The van der Waals surface area contributed by atoms with Gasteiger partial charge in [-0.1, -0.05) is 0 Å². The van der Waals surface area contributed by atoms with Gasteiger partial charge >= 0.3 is 0 Å². The van der Waals surface area contributed by atoms with Crippen LogP contribution in [0.1, 0.15) is 26.2 Å². The molecule has 4 rings (SSSR count). The van der Waals surface area contributed by atoms with Crippen LogP contribution in [0.2, 0.25) is 0 Å². The molecular weight excluding hydrogens is 264 g/mol. The summed E-state index contributed by atoms with van der Waals surface area (Å²) in [6, 6.07) is 9.18. The lowest BCUT2D eigenvalue weighted by atomic mass is 9.95. The largest absolute Gasteiger partial charge is 0.370 e. The lowest BCUT2D eigenvalue weighted by molar-refractivity contribution is 0.331. The molecule has 0 radical (unpaired) electrons. The molecule has 1 saturated carbocycles. The molecule has 1 aliphatic carbocycles. The summed E-state index contributed by atoms with van der Waals surface area (Å²) in [6.07, 6.45) is 4.05. The molecule has 1 saturated heterocycles. The van der Waals surface area contributed by atoms with E-state index in [1.807, 2.05) is 11.3 Å². The molecule has 1 unspecified atom stereocenters. The Hall–Kier alpha value is -1.06. The molecule has 0 bridgehead atoms. The van der Waals surface area contributed by atoms with Crippen LogP contribution >= 0.6 is 11.3 Å². The van der Waals surface area contributed by atoms with Crippen molar-refractivity contribution in [3.63, 3.8) is 0 Å². The predicted octanol–water partition coefficient (Wildman–Crippen LogP) is 3.87. The minimum Gasteiger partial charge on any atom is -0.370 e. The maximum Gasteiger partial charge on any atom is 0.0373 e. The third-order valence-corrected chi connectivity index (χ3v) is 5.83. The first-order valence-corrected chi connectivity index (χ1v) is 8.60. The minimum atomic E-state index is 0.306. The predicted molar refractivity (Wildman–Crippen MR) is 87.8 cm³/mol. The fraction of sp³-hybridized carbons (Fsp3) is 0.529. The third-order valence-electron chi connectivity index (χ3n) is 4.93. The molecule has 2 aromatic rings. The van der Waals surface area contributed by atoms with E-state index < -0.39 is 0 Å². The Morgan fingerprint density at radius 1 is 1.30 bits per heavy atom. The Kier molecular flexibility index (Phi) is 3.00. The Balaban J connectivity index is 1.64. The smallest absolute Gasteiger partial charge is 0.0373 e. The van der Waals surface area contributed by atoms with Crippen molar-refractivity contribution in [3.05, 3.63) is 29.6 Å². The van der Waals surface area contributed by atoms with Crippen molar-refractivity contribution < 1.29 is 0 Å². The van der Waals surface area contributed by atoms with Gasteiger partial charge in [0.15, 0.2) is 0 Å². The van der Waals surface area contributed by atoms with Gasteiger partial charge in [-0.3, -0.25) is 0 Å². The molecule has 106 valence electrons. The summed E-state index contributed by atoms with van der Waals surface area (Å²) in [5.74, 6) is 0.882. The van der Waals surface area contributed by atoms with Crippen molar-refractivity contribution in [2.75, 3.05) is 24.5 Å². The fourth-order valence-corrected chi connectivity index (χ4v) is 4.31. The lowest BCUT2D eigenvalue weighted by Crippen LogP contribution is -2.51. The zero-order valence-corrected chi connectivity index (χ0v) is 12.9. The molecule has 1 atom stereocenters. The molecule has 2 aliphatic rings. The monoisotopic (exact) mass is 286 g/mol. The molecule has 1 N–H and O–H groups in total. The van der Waals surface area contributed by atoms with Crippen molar-refractivity contribution in [3.8, 4) is 0 Å². The second-order valence-electron chi connectivity index (χ2n) is 6.54. The first-order chi connectivity index (χ1) is 9.74. The second-order valence-corrected chi connectivity index (χ2v) is 7.48. The van der Waals surface area contributed by atoms with E-state index in [2.05, 4.69) is 46.8 Å². The van der Waals surface area contributed by atoms with E-state index in [9.17, 15) is 0 Å². The number of nitrogens with zero attached hydrogens (tertiary/aromatic N) is 1. The standard InChI is InChI=1S/C17H22N2S/c1-17(14-3-4-14)12-19(9-2-8-18-17)15-5-6-16-13(11-15)7-10-20-16/h5-7,10-11,14,18H,2-4,8-9,12H2,1H3. The van der Waals surface area contributed by atoms with Gasteiger partial charge in [0.1, 0.15) is 0 Å². The van der Waals surface area contributed by atoms with Crippen molar-refractivity contribution in [1.82, 2.24) is 5.32 Å². The number of fused-ring (bicyclic) bond motifs is 1. The molecule has 1 aromatic carbocycles. The highest BCUT2D eigenvalue weighted by Crippen LogP contribution is 2.41. The fourth-order valence-electron chi connectivity index (χ4n) is 3.54. The van der Waals surface area contributed by atoms with Gasteiger partial charge in [0.05, 0.1) is 0 Å². The zero-order valence-electron chi connectivity index (χ0n) is 12.1. The lowest BCUT2D eigenvalue weighted by Gasteiger charge is -2.35. The summed E-state index contributed by atoms with van der Waals surface area (Å²) in [7, 11) is 0. The van der Waals surface area contributed by atoms with Gasteiger partial charge < -0.3 is 10.2 Å². The highest BCUT2D eigenvalue weighted by atomic mass is 32.1. The van der Waals surface area contributed by atoms with Gasteiger partial charge in [-0.2, -0.15) is 0 Å². The third kappa shape index (κ3) is 2.23. The normalized spacial score (nSPS) is 27.8. The van der Waals surface area contributed by atoms with Gasteiger partial charge in [-0.25, -0.2) is 0 Å². The summed E-state index contributed by atoms with van der Waals surface area (Å²) in [6.45, 7) is 5.90. The number of thiophene rings is 1. The summed E-state index contributed by atoms with van der Waals surface area (Å²) in [5, 5.41) is 7.39. The molecule has 1 aliphatic heterocycles. The number of hydrogen-bond donors (Lipinski definition) is 1. The Labute approximate surface area is 124 Å². The maximum absolute atomic E-state index is 3.81. The highest BCUT2D eigenvalue weighted by molar-refractivity contribution is 7.17. The minimum absolute atomic E-state index is 0.306. The van der Waals surface area contributed by atoms with Crippen LogP contribution in [0.15, 0.2) is 29.6 Å².